The molecule has 5 nitrogen and oxygen atoms in total. The molecule has 1 aromatic rings. The monoisotopic (exact) mass is 216 g/mol. The smallest absolute Gasteiger partial charge is 0.324 e. The first-order valence-electron chi connectivity index (χ1n) is 3.82. The van der Waals surface area contributed by atoms with E-state index < -0.39 is 12.0 Å². The number of hydrogen-bond donors (Lipinski definition) is 2. The van der Waals surface area contributed by atoms with Gasteiger partial charge in [0.1, 0.15) is 23.4 Å². The summed E-state index contributed by atoms with van der Waals surface area (Å²) in [5.74, 6) is -0.742. The number of aromatic nitrogens is 1. The molecule has 0 aliphatic heterocycles. The number of hydrogen-bond acceptors (Lipinski definition) is 4. The lowest BCUT2D eigenvalue weighted by Gasteiger charge is -2.09. The summed E-state index contributed by atoms with van der Waals surface area (Å²) < 4.78 is 5.08. The molecule has 0 bridgehead atoms. The van der Waals surface area contributed by atoms with Gasteiger partial charge in [-0.1, -0.05) is 11.6 Å². The fourth-order valence-corrected chi connectivity index (χ4v) is 0.904. The third-order valence-electron chi connectivity index (χ3n) is 1.47. The van der Waals surface area contributed by atoms with Gasteiger partial charge in [-0.15, -0.1) is 0 Å². The van der Waals surface area contributed by atoms with Crippen LogP contribution >= 0.6 is 11.6 Å². The van der Waals surface area contributed by atoms with E-state index in [9.17, 15) is 4.79 Å². The fraction of sp³-hybridized carbons (Fsp3) is 0.250. The molecule has 3 N–H and O–H groups in total. The van der Waals surface area contributed by atoms with Crippen LogP contribution in [0.4, 0.5) is 0 Å². The van der Waals surface area contributed by atoms with Crippen LogP contribution in [0.25, 0.3) is 0 Å². The number of halogens is 1. The Bertz CT molecular complexity index is 332. The van der Waals surface area contributed by atoms with Crippen molar-refractivity contribution in [2.45, 2.75) is 6.04 Å². The third-order valence-corrected chi connectivity index (χ3v) is 1.75. The molecule has 0 saturated carbocycles. The van der Waals surface area contributed by atoms with Crippen molar-refractivity contribution in [1.82, 2.24) is 4.98 Å². The van der Waals surface area contributed by atoms with Gasteiger partial charge in [0.2, 0.25) is 0 Å². The average Bonchev–Trinajstić information content (AvgIpc) is 2.16. The van der Waals surface area contributed by atoms with Gasteiger partial charge in [-0.05, 0) is 0 Å². The molecule has 0 spiro atoms. The van der Waals surface area contributed by atoms with E-state index in [-0.39, 0.29) is 6.61 Å². The van der Waals surface area contributed by atoms with Gasteiger partial charge in [0.15, 0.2) is 0 Å². The van der Waals surface area contributed by atoms with E-state index in [1.165, 1.54) is 18.5 Å². The predicted molar refractivity (Wildman–Crippen MR) is 50.4 cm³/mol. The van der Waals surface area contributed by atoms with Crippen LogP contribution < -0.4 is 10.5 Å². The quantitative estimate of drug-likeness (QED) is 0.767. The van der Waals surface area contributed by atoms with Gasteiger partial charge in [0.05, 0.1) is 0 Å². The number of nitrogens with zero attached hydrogens (tertiary/aromatic N) is 1. The van der Waals surface area contributed by atoms with E-state index in [0.29, 0.717) is 10.8 Å². The van der Waals surface area contributed by atoms with Crippen molar-refractivity contribution in [2.24, 2.45) is 5.73 Å². The normalized spacial score (nSPS) is 12.1. The Morgan fingerprint density at radius 2 is 2.50 bits per heavy atom. The largest absolute Gasteiger partial charge is 0.490 e. The minimum Gasteiger partial charge on any atom is -0.490 e. The SMILES string of the molecule is NC(COc1ccncc1Cl)C(=O)O. The summed E-state index contributed by atoms with van der Waals surface area (Å²) in [4.78, 5) is 14.1. The summed E-state index contributed by atoms with van der Waals surface area (Å²) in [7, 11) is 0. The highest BCUT2D eigenvalue weighted by Gasteiger charge is 2.12. The molecule has 1 aromatic heterocycles. The fourth-order valence-electron chi connectivity index (χ4n) is 0.730. The van der Waals surface area contributed by atoms with Crippen molar-refractivity contribution in [3.8, 4) is 5.75 Å². The molecule has 0 radical (unpaired) electrons. The zero-order valence-electron chi connectivity index (χ0n) is 7.18. The van der Waals surface area contributed by atoms with E-state index in [4.69, 9.17) is 27.2 Å². The predicted octanol–water partition coefficient (Wildman–Crippen LogP) is 0.526. The molecule has 0 fully saturated rings. The van der Waals surface area contributed by atoms with E-state index in [2.05, 4.69) is 4.98 Å². The number of carbonyl (C=O) groups is 1. The zero-order valence-corrected chi connectivity index (χ0v) is 7.94. The summed E-state index contributed by atoms with van der Waals surface area (Å²) in [6.45, 7) is -0.126. The number of rotatable bonds is 4. The highest BCUT2D eigenvalue weighted by Crippen LogP contribution is 2.21. The van der Waals surface area contributed by atoms with Crippen LogP contribution in [0.5, 0.6) is 5.75 Å². The van der Waals surface area contributed by atoms with Crippen molar-refractivity contribution in [3.05, 3.63) is 23.5 Å². The average molecular weight is 217 g/mol. The maximum atomic E-state index is 10.4. The first-order chi connectivity index (χ1) is 6.61. The highest BCUT2D eigenvalue weighted by molar-refractivity contribution is 6.31. The Morgan fingerprint density at radius 1 is 1.79 bits per heavy atom. The van der Waals surface area contributed by atoms with Crippen LogP contribution in [-0.4, -0.2) is 28.7 Å². The third kappa shape index (κ3) is 2.86. The van der Waals surface area contributed by atoms with E-state index in [1.807, 2.05) is 0 Å². The molecular formula is C8H9ClN2O3. The second-order valence-electron chi connectivity index (χ2n) is 2.56. The van der Waals surface area contributed by atoms with Gasteiger partial charge in [0, 0.05) is 18.5 Å². The lowest BCUT2D eigenvalue weighted by molar-refractivity contribution is -0.139. The molecule has 0 aromatic carbocycles. The molecule has 1 atom stereocenters. The number of carboxylic acid groups (broad SMARTS) is 1. The zero-order chi connectivity index (χ0) is 10.6. The van der Waals surface area contributed by atoms with Crippen molar-refractivity contribution in [2.75, 3.05) is 6.61 Å². The van der Waals surface area contributed by atoms with Crippen molar-refractivity contribution >= 4 is 17.6 Å². The molecule has 0 aliphatic carbocycles. The first kappa shape index (κ1) is 10.7. The van der Waals surface area contributed by atoms with Gasteiger partial charge in [-0.3, -0.25) is 9.78 Å². The number of aliphatic carboxylic acids is 1. The molecule has 1 unspecified atom stereocenters. The lowest BCUT2D eigenvalue weighted by atomic mass is 10.3. The van der Waals surface area contributed by atoms with Crippen LogP contribution in [-0.2, 0) is 4.79 Å². The summed E-state index contributed by atoms with van der Waals surface area (Å²) in [5, 5.41) is 8.80. The second-order valence-corrected chi connectivity index (χ2v) is 2.97. The van der Waals surface area contributed by atoms with Crippen LogP contribution in [0.3, 0.4) is 0 Å². The Hall–Kier alpha value is -1.33. The second kappa shape index (κ2) is 4.78. The Kier molecular flexibility index (Phi) is 3.67. The van der Waals surface area contributed by atoms with Crippen LogP contribution in [0.1, 0.15) is 0 Å². The van der Waals surface area contributed by atoms with Crippen LogP contribution in [0, 0.1) is 0 Å². The molecular weight excluding hydrogens is 208 g/mol. The maximum Gasteiger partial charge on any atom is 0.324 e. The topological polar surface area (TPSA) is 85.4 Å². The van der Waals surface area contributed by atoms with Crippen LogP contribution in [0.2, 0.25) is 5.02 Å². The van der Waals surface area contributed by atoms with E-state index >= 15 is 0 Å². The Labute approximate surface area is 85.5 Å². The standard InChI is InChI=1S/C8H9ClN2O3/c9-5-3-11-2-1-7(5)14-4-6(10)8(12)13/h1-3,6H,4,10H2,(H,12,13). The first-order valence-corrected chi connectivity index (χ1v) is 4.19. The molecule has 0 saturated heterocycles. The minimum atomic E-state index is -1.12. The van der Waals surface area contributed by atoms with Gasteiger partial charge >= 0.3 is 5.97 Å². The molecule has 14 heavy (non-hydrogen) atoms. The number of pyridine rings is 1. The molecule has 1 heterocycles. The summed E-state index contributed by atoms with van der Waals surface area (Å²) in [6.07, 6.45) is 2.90. The number of carboxylic acids is 1. The summed E-state index contributed by atoms with van der Waals surface area (Å²) in [6, 6.07) is 0.482. The Morgan fingerprint density at radius 3 is 3.07 bits per heavy atom. The highest BCUT2D eigenvalue weighted by atomic mass is 35.5. The van der Waals surface area contributed by atoms with E-state index in [0.717, 1.165) is 0 Å². The molecule has 76 valence electrons. The van der Waals surface area contributed by atoms with Gasteiger partial charge in [-0.2, -0.15) is 0 Å². The number of nitrogens with two attached hydrogens (primary N) is 1. The number of ether oxygens (including phenoxy) is 1. The molecule has 0 amide bonds. The molecule has 1 rings (SSSR count). The summed E-state index contributed by atoms with van der Waals surface area (Å²) in [5.41, 5.74) is 5.23. The van der Waals surface area contributed by atoms with Crippen molar-refractivity contribution in [1.29, 1.82) is 0 Å². The minimum absolute atomic E-state index is 0.126. The van der Waals surface area contributed by atoms with Gasteiger partial charge < -0.3 is 15.6 Å². The van der Waals surface area contributed by atoms with Gasteiger partial charge in [0.25, 0.3) is 0 Å². The van der Waals surface area contributed by atoms with Crippen molar-refractivity contribution in [3.63, 3.8) is 0 Å². The van der Waals surface area contributed by atoms with Gasteiger partial charge in [-0.25, -0.2) is 0 Å². The van der Waals surface area contributed by atoms with Crippen molar-refractivity contribution < 1.29 is 14.6 Å². The van der Waals surface area contributed by atoms with E-state index in [1.54, 1.807) is 0 Å². The van der Waals surface area contributed by atoms with Crippen LogP contribution in [0.15, 0.2) is 18.5 Å². The lowest BCUT2D eigenvalue weighted by Crippen LogP contribution is -2.36. The maximum absolute atomic E-state index is 10.4. The molecule has 0 aliphatic rings. The summed E-state index contributed by atoms with van der Waals surface area (Å²) >= 11 is 5.71. The Balaban J connectivity index is 2.54. The molecule has 6 heteroatoms.